The van der Waals surface area contributed by atoms with Gasteiger partial charge in [0.1, 0.15) is 0 Å². The van der Waals surface area contributed by atoms with E-state index in [1.165, 1.54) is 5.69 Å². The maximum Gasteiger partial charge on any atom is 0.231 e. The summed E-state index contributed by atoms with van der Waals surface area (Å²) in [6.07, 6.45) is 0. The minimum absolute atomic E-state index is 0.0905. The maximum absolute atomic E-state index is 12.2. The van der Waals surface area contributed by atoms with Gasteiger partial charge in [-0.25, -0.2) is 0 Å². The van der Waals surface area contributed by atoms with Crippen molar-refractivity contribution >= 4 is 40.6 Å². The molecule has 1 unspecified atom stereocenters. The lowest BCUT2D eigenvalue weighted by Crippen LogP contribution is -2.50. The second kappa shape index (κ2) is 6.39. The highest BCUT2D eigenvalue weighted by Crippen LogP contribution is 2.17. The number of thiol groups is 1. The molecule has 1 aromatic rings. The summed E-state index contributed by atoms with van der Waals surface area (Å²) in [4.78, 5) is 16.3. The second-order valence-electron chi connectivity index (χ2n) is 4.71. The third-order valence-corrected chi connectivity index (χ3v) is 4.19. The van der Waals surface area contributed by atoms with E-state index in [-0.39, 0.29) is 11.8 Å². The molecular weight excluding hydrogens is 276 g/mol. The van der Waals surface area contributed by atoms with Crippen molar-refractivity contribution in [1.29, 1.82) is 0 Å². The number of nitrogens with zero attached hydrogens (tertiary/aromatic N) is 2. The van der Waals surface area contributed by atoms with Crippen molar-refractivity contribution in [2.24, 2.45) is 5.92 Å². The first-order valence-corrected chi connectivity index (χ1v) is 7.26. The van der Waals surface area contributed by atoms with Crippen molar-refractivity contribution in [2.75, 3.05) is 31.1 Å². The lowest BCUT2D eigenvalue weighted by atomic mass is 10.1. The first-order valence-electron chi connectivity index (χ1n) is 6.41. The molecule has 1 amide bonds. The monoisotopic (exact) mass is 294 g/mol. The van der Waals surface area contributed by atoms with Gasteiger partial charge in [-0.2, -0.15) is 0 Å². The van der Waals surface area contributed by atoms with Gasteiger partial charge < -0.3 is 9.80 Å². The maximum atomic E-state index is 12.2. The normalized spacial score (nSPS) is 17.2. The van der Waals surface area contributed by atoms with Crippen molar-refractivity contribution in [3.05, 3.63) is 30.3 Å². The zero-order valence-corrected chi connectivity index (χ0v) is 12.7. The molecule has 1 fully saturated rings. The summed E-state index contributed by atoms with van der Waals surface area (Å²) in [5, 5.41) is 0. The number of carbonyl (C=O) groups is 1. The molecule has 1 aliphatic heterocycles. The molecule has 0 bridgehead atoms. The topological polar surface area (TPSA) is 23.6 Å². The fraction of sp³-hybridized carbons (Fsp3) is 0.429. The predicted octanol–water partition coefficient (Wildman–Crippen LogP) is 2.23. The number of thiocarbonyl (C=S) groups is 1. The molecule has 1 atom stereocenters. The van der Waals surface area contributed by atoms with Crippen molar-refractivity contribution in [3.8, 4) is 0 Å². The van der Waals surface area contributed by atoms with E-state index in [0.717, 1.165) is 26.2 Å². The Balaban J connectivity index is 1.93. The highest BCUT2D eigenvalue weighted by atomic mass is 32.1. The van der Waals surface area contributed by atoms with Gasteiger partial charge in [-0.3, -0.25) is 4.79 Å². The summed E-state index contributed by atoms with van der Waals surface area (Å²) < 4.78 is 0.468. The molecule has 3 nitrogen and oxygen atoms in total. The van der Waals surface area contributed by atoms with Crippen molar-refractivity contribution < 1.29 is 4.79 Å². The van der Waals surface area contributed by atoms with Crippen LogP contribution in [0.15, 0.2) is 30.3 Å². The Morgan fingerprint density at radius 3 is 2.32 bits per heavy atom. The molecule has 1 heterocycles. The zero-order valence-electron chi connectivity index (χ0n) is 11.0. The smallest absolute Gasteiger partial charge is 0.231 e. The van der Waals surface area contributed by atoms with E-state index in [1.807, 2.05) is 30.0 Å². The van der Waals surface area contributed by atoms with Crippen molar-refractivity contribution in [1.82, 2.24) is 4.90 Å². The minimum Gasteiger partial charge on any atom is -0.368 e. The molecular formula is C14H18N2OS2. The van der Waals surface area contributed by atoms with Crippen LogP contribution in [0.4, 0.5) is 5.69 Å². The average Bonchev–Trinajstić information content (AvgIpc) is 2.46. The number of hydrogen-bond donors (Lipinski definition) is 1. The molecule has 0 saturated carbocycles. The standard InChI is InChI=1S/C14H18N2OS2/c1-11(14(18)19)13(17)16-9-7-15(8-10-16)12-5-3-2-4-6-12/h2-6,11H,7-10H2,1H3,(H,18,19). The summed E-state index contributed by atoms with van der Waals surface area (Å²) in [5.74, 6) is -0.186. The number of piperazine rings is 1. The quantitative estimate of drug-likeness (QED) is 0.683. The highest BCUT2D eigenvalue weighted by Gasteiger charge is 2.26. The lowest BCUT2D eigenvalue weighted by molar-refractivity contribution is -0.133. The number of benzene rings is 1. The van der Waals surface area contributed by atoms with E-state index >= 15 is 0 Å². The van der Waals surface area contributed by atoms with Crippen molar-refractivity contribution in [3.63, 3.8) is 0 Å². The fourth-order valence-electron chi connectivity index (χ4n) is 2.20. The summed E-state index contributed by atoms with van der Waals surface area (Å²) >= 11 is 9.07. The lowest BCUT2D eigenvalue weighted by Gasteiger charge is -2.37. The molecule has 1 aliphatic rings. The second-order valence-corrected chi connectivity index (χ2v) is 5.93. The Bertz CT molecular complexity index is 456. The van der Waals surface area contributed by atoms with Gasteiger partial charge >= 0.3 is 0 Å². The number of anilines is 1. The molecule has 0 aliphatic carbocycles. The van der Waals surface area contributed by atoms with Gasteiger partial charge in [0.05, 0.1) is 10.1 Å². The van der Waals surface area contributed by atoms with Crippen LogP contribution in [0.5, 0.6) is 0 Å². The van der Waals surface area contributed by atoms with Gasteiger partial charge in [0.2, 0.25) is 5.91 Å². The van der Waals surface area contributed by atoms with E-state index in [4.69, 9.17) is 12.2 Å². The zero-order chi connectivity index (χ0) is 13.8. The molecule has 0 N–H and O–H groups in total. The Morgan fingerprint density at radius 2 is 1.79 bits per heavy atom. The number of carbonyl (C=O) groups excluding carboxylic acids is 1. The molecule has 2 rings (SSSR count). The van der Waals surface area contributed by atoms with Gasteiger partial charge in [-0.05, 0) is 19.1 Å². The van der Waals surface area contributed by atoms with Crippen LogP contribution in [0, 0.1) is 5.92 Å². The van der Waals surface area contributed by atoms with E-state index < -0.39 is 0 Å². The summed E-state index contributed by atoms with van der Waals surface area (Å²) in [6.45, 7) is 5.04. The van der Waals surface area contributed by atoms with Crippen LogP contribution in [0.25, 0.3) is 0 Å². The van der Waals surface area contributed by atoms with Gasteiger partial charge in [0.25, 0.3) is 0 Å². The highest BCUT2D eigenvalue weighted by molar-refractivity contribution is 8.11. The Labute approximate surface area is 125 Å². The molecule has 1 aromatic carbocycles. The molecule has 102 valence electrons. The molecule has 1 saturated heterocycles. The minimum atomic E-state index is -0.276. The van der Waals surface area contributed by atoms with Crippen LogP contribution >= 0.6 is 24.8 Å². The molecule has 0 spiro atoms. The van der Waals surface area contributed by atoms with Gasteiger partial charge in [-0.1, -0.05) is 30.4 Å². The molecule has 19 heavy (non-hydrogen) atoms. The first kappa shape index (κ1) is 14.3. The predicted molar refractivity (Wildman–Crippen MR) is 86.0 cm³/mol. The molecule has 5 heteroatoms. The Hall–Kier alpha value is -1.07. The SMILES string of the molecule is CC(C(=O)N1CCN(c2ccccc2)CC1)C(=S)S. The van der Waals surface area contributed by atoms with Crippen molar-refractivity contribution in [2.45, 2.75) is 6.92 Å². The number of rotatable bonds is 3. The van der Waals surface area contributed by atoms with Crippen LogP contribution < -0.4 is 4.90 Å². The van der Waals surface area contributed by atoms with Gasteiger partial charge in [-0.15, -0.1) is 12.6 Å². The van der Waals surface area contributed by atoms with E-state index in [9.17, 15) is 4.79 Å². The van der Waals surface area contributed by atoms with Gasteiger partial charge in [0, 0.05) is 31.9 Å². The van der Waals surface area contributed by atoms with Crippen LogP contribution in [-0.4, -0.2) is 41.2 Å². The summed E-state index contributed by atoms with van der Waals surface area (Å²) in [6, 6.07) is 10.3. The fourth-order valence-corrected chi connectivity index (χ4v) is 2.41. The third kappa shape index (κ3) is 3.48. The number of hydrogen-bond acceptors (Lipinski definition) is 3. The van der Waals surface area contributed by atoms with Crippen LogP contribution in [0.1, 0.15) is 6.92 Å². The first-order chi connectivity index (χ1) is 9.09. The van der Waals surface area contributed by atoms with Gasteiger partial charge in [0.15, 0.2) is 0 Å². The van der Waals surface area contributed by atoms with Crippen LogP contribution in [0.2, 0.25) is 0 Å². The van der Waals surface area contributed by atoms with E-state index in [1.54, 1.807) is 0 Å². The van der Waals surface area contributed by atoms with Crippen LogP contribution in [-0.2, 0) is 4.79 Å². The third-order valence-electron chi connectivity index (χ3n) is 3.45. The Kier molecular flexibility index (Phi) is 4.82. The Morgan fingerprint density at radius 1 is 1.21 bits per heavy atom. The van der Waals surface area contributed by atoms with E-state index in [2.05, 4.69) is 29.7 Å². The number of amides is 1. The summed E-state index contributed by atoms with van der Waals surface area (Å²) in [7, 11) is 0. The summed E-state index contributed by atoms with van der Waals surface area (Å²) in [5.41, 5.74) is 1.22. The molecule has 0 aromatic heterocycles. The molecule has 0 radical (unpaired) electrons. The average molecular weight is 294 g/mol. The largest absolute Gasteiger partial charge is 0.368 e. The van der Waals surface area contributed by atoms with E-state index in [0.29, 0.717) is 4.20 Å². The van der Waals surface area contributed by atoms with Crippen LogP contribution in [0.3, 0.4) is 0 Å². The number of para-hydroxylation sites is 1.